The lowest BCUT2D eigenvalue weighted by Gasteiger charge is -2.27. The van der Waals surface area contributed by atoms with E-state index in [1.165, 1.54) is 12.5 Å². The highest BCUT2D eigenvalue weighted by atomic mass is 32.2. The van der Waals surface area contributed by atoms with Gasteiger partial charge in [0.05, 0.1) is 17.8 Å². The van der Waals surface area contributed by atoms with Crippen LogP contribution in [-0.4, -0.2) is 51.4 Å². The first-order valence-corrected chi connectivity index (χ1v) is 8.83. The molecular weight excluding hydrogens is 306 g/mol. The fraction of sp³-hybridized carbons (Fsp3) is 0.538. The first-order valence-electron chi connectivity index (χ1n) is 6.94. The van der Waals surface area contributed by atoms with E-state index in [2.05, 4.69) is 25.3 Å². The summed E-state index contributed by atoms with van der Waals surface area (Å²) in [5.41, 5.74) is -0.0487. The van der Waals surface area contributed by atoms with Crippen molar-refractivity contribution in [3.63, 3.8) is 0 Å². The van der Waals surface area contributed by atoms with Gasteiger partial charge in [0.15, 0.2) is 5.82 Å². The van der Waals surface area contributed by atoms with Crippen molar-refractivity contribution in [1.82, 2.24) is 19.9 Å². The molecule has 1 unspecified atom stereocenters. The second-order valence-corrected chi connectivity index (χ2v) is 7.74. The fourth-order valence-corrected chi connectivity index (χ4v) is 3.17. The van der Waals surface area contributed by atoms with E-state index in [0.29, 0.717) is 23.3 Å². The highest BCUT2D eigenvalue weighted by Crippen LogP contribution is 2.32. The number of rotatable bonds is 3. The van der Waals surface area contributed by atoms with Crippen molar-refractivity contribution >= 4 is 26.7 Å². The van der Waals surface area contributed by atoms with Gasteiger partial charge in [-0.2, -0.15) is 0 Å². The highest BCUT2D eigenvalue weighted by molar-refractivity contribution is 7.90. The maximum absolute atomic E-state index is 11.6. The smallest absolute Gasteiger partial charge is 0.247 e. The molecule has 3 rings (SSSR count). The molecule has 0 aliphatic heterocycles. The van der Waals surface area contributed by atoms with E-state index >= 15 is 0 Å². The van der Waals surface area contributed by atoms with Crippen LogP contribution in [0.3, 0.4) is 0 Å². The Balaban J connectivity index is 2.06. The molecule has 0 bridgehead atoms. The van der Waals surface area contributed by atoms with Gasteiger partial charge in [0.1, 0.15) is 17.4 Å². The molecule has 1 aliphatic carbocycles. The quantitative estimate of drug-likeness (QED) is 0.786. The monoisotopic (exact) mass is 323 g/mol. The van der Waals surface area contributed by atoms with E-state index in [-0.39, 0.29) is 11.2 Å². The van der Waals surface area contributed by atoms with Crippen LogP contribution >= 0.6 is 0 Å². The summed E-state index contributed by atoms with van der Waals surface area (Å²) >= 11 is 0. The average molecular weight is 323 g/mol. The summed E-state index contributed by atoms with van der Waals surface area (Å²) in [6.07, 6.45) is 6.19. The van der Waals surface area contributed by atoms with E-state index < -0.39 is 15.4 Å². The van der Waals surface area contributed by atoms with Gasteiger partial charge in [0.25, 0.3) is 0 Å². The Morgan fingerprint density at radius 3 is 2.77 bits per heavy atom. The number of anilines is 1. The van der Waals surface area contributed by atoms with E-state index in [1.807, 2.05) is 0 Å². The summed E-state index contributed by atoms with van der Waals surface area (Å²) in [7, 11) is -3.52. The summed E-state index contributed by atoms with van der Waals surface area (Å²) in [5, 5.41) is 13.2. The number of fused-ring (bicyclic) bond motifs is 1. The zero-order chi connectivity index (χ0) is 16.0. The van der Waals surface area contributed by atoms with Gasteiger partial charge < -0.3 is 10.4 Å². The molecule has 0 aromatic carbocycles. The predicted molar refractivity (Wildman–Crippen MR) is 80.1 cm³/mol. The third kappa shape index (κ3) is 2.73. The summed E-state index contributed by atoms with van der Waals surface area (Å²) in [5.74, 6) is 0.407. The number of aliphatic hydroxyl groups is 1. The number of sulfone groups is 1. The molecule has 8 nitrogen and oxygen atoms in total. The molecule has 118 valence electrons. The van der Waals surface area contributed by atoms with Crippen LogP contribution in [0.5, 0.6) is 0 Å². The first kappa shape index (κ1) is 15.0. The minimum absolute atomic E-state index is 0.165. The molecule has 2 aromatic rings. The number of aromatic nitrogens is 4. The Bertz CT molecular complexity index is 822. The fourth-order valence-electron chi connectivity index (χ4n) is 2.66. The van der Waals surface area contributed by atoms with Crippen molar-refractivity contribution in [3.05, 3.63) is 12.5 Å². The second-order valence-electron chi connectivity index (χ2n) is 5.83. The van der Waals surface area contributed by atoms with Gasteiger partial charge in [0.2, 0.25) is 15.0 Å². The molecule has 9 heteroatoms. The van der Waals surface area contributed by atoms with Crippen molar-refractivity contribution in [3.8, 4) is 0 Å². The standard InChI is InChI=1S/C13H17N5O3S/c1-13(19)5-3-4-9(13)17-11-10-8(15-7-16-11)6-14-12(18-10)22(2,20)21/h6-7,9,19H,3-5H2,1-2H3,(H,15,16,17)/t9?,13-/m1/s1. The normalized spacial score (nSPS) is 25.5. The van der Waals surface area contributed by atoms with E-state index in [4.69, 9.17) is 0 Å². The van der Waals surface area contributed by atoms with Crippen molar-refractivity contribution in [2.24, 2.45) is 0 Å². The summed E-state index contributed by atoms with van der Waals surface area (Å²) in [6, 6.07) is -0.165. The molecule has 2 N–H and O–H groups in total. The molecule has 0 radical (unpaired) electrons. The Labute approximate surface area is 128 Å². The van der Waals surface area contributed by atoms with Gasteiger partial charge in [-0.15, -0.1) is 0 Å². The number of nitrogens with one attached hydrogen (secondary N) is 1. The molecule has 2 aromatic heterocycles. The van der Waals surface area contributed by atoms with Crippen molar-refractivity contribution in [2.45, 2.75) is 43.0 Å². The summed E-state index contributed by atoms with van der Waals surface area (Å²) in [4.78, 5) is 16.1. The lowest BCUT2D eigenvalue weighted by Crippen LogP contribution is -2.39. The predicted octanol–water partition coefficient (Wildman–Crippen LogP) is 0.539. The molecule has 1 saturated carbocycles. The maximum atomic E-state index is 11.6. The molecule has 2 heterocycles. The van der Waals surface area contributed by atoms with Crippen LogP contribution in [0.15, 0.2) is 17.7 Å². The number of hydrogen-bond donors (Lipinski definition) is 2. The summed E-state index contributed by atoms with van der Waals surface area (Å²) in [6.45, 7) is 1.78. The van der Waals surface area contributed by atoms with Crippen LogP contribution in [-0.2, 0) is 9.84 Å². The van der Waals surface area contributed by atoms with E-state index in [9.17, 15) is 13.5 Å². The lowest BCUT2D eigenvalue weighted by molar-refractivity contribution is 0.0578. The maximum Gasteiger partial charge on any atom is 0.247 e. The third-order valence-electron chi connectivity index (χ3n) is 3.92. The molecule has 0 saturated heterocycles. The van der Waals surface area contributed by atoms with E-state index in [0.717, 1.165) is 19.1 Å². The van der Waals surface area contributed by atoms with Crippen LogP contribution in [0, 0.1) is 0 Å². The topological polar surface area (TPSA) is 118 Å². The van der Waals surface area contributed by atoms with Crippen LogP contribution in [0.25, 0.3) is 11.0 Å². The highest BCUT2D eigenvalue weighted by Gasteiger charge is 2.37. The van der Waals surface area contributed by atoms with Crippen LogP contribution in [0.2, 0.25) is 0 Å². The van der Waals surface area contributed by atoms with Crippen LogP contribution in [0.1, 0.15) is 26.2 Å². The van der Waals surface area contributed by atoms with E-state index in [1.54, 1.807) is 6.92 Å². The van der Waals surface area contributed by atoms with Crippen LogP contribution in [0.4, 0.5) is 5.82 Å². The molecule has 0 spiro atoms. The van der Waals surface area contributed by atoms with Crippen molar-refractivity contribution < 1.29 is 13.5 Å². The van der Waals surface area contributed by atoms with Gasteiger partial charge in [0, 0.05) is 6.26 Å². The van der Waals surface area contributed by atoms with Gasteiger partial charge >= 0.3 is 0 Å². The van der Waals surface area contributed by atoms with Gasteiger partial charge in [-0.05, 0) is 26.2 Å². The van der Waals surface area contributed by atoms with Crippen LogP contribution < -0.4 is 5.32 Å². The van der Waals surface area contributed by atoms with Crippen molar-refractivity contribution in [2.75, 3.05) is 11.6 Å². The molecule has 22 heavy (non-hydrogen) atoms. The van der Waals surface area contributed by atoms with Gasteiger partial charge in [-0.1, -0.05) is 0 Å². The molecule has 2 atom stereocenters. The average Bonchev–Trinajstić information content (AvgIpc) is 2.77. The zero-order valence-corrected chi connectivity index (χ0v) is 13.1. The zero-order valence-electron chi connectivity index (χ0n) is 12.3. The van der Waals surface area contributed by atoms with Crippen molar-refractivity contribution in [1.29, 1.82) is 0 Å². The van der Waals surface area contributed by atoms with Gasteiger partial charge in [-0.25, -0.2) is 28.4 Å². The first-order chi connectivity index (χ1) is 10.3. The largest absolute Gasteiger partial charge is 0.388 e. The Morgan fingerprint density at radius 1 is 1.36 bits per heavy atom. The number of nitrogens with zero attached hydrogens (tertiary/aromatic N) is 4. The number of hydrogen-bond acceptors (Lipinski definition) is 8. The molecule has 1 fully saturated rings. The Hall–Kier alpha value is -1.87. The molecule has 1 aliphatic rings. The Morgan fingerprint density at radius 2 is 2.14 bits per heavy atom. The SMILES string of the molecule is C[C@@]1(O)CCCC1Nc1ncnc2cnc(S(C)(=O)=O)nc12. The van der Waals surface area contributed by atoms with Gasteiger partial charge in [-0.3, -0.25) is 0 Å². The Kier molecular flexibility index (Phi) is 3.48. The molecule has 0 amide bonds. The minimum Gasteiger partial charge on any atom is -0.388 e. The third-order valence-corrected chi connectivity index (χ3v) is 4.78. The molecular formula is C13H17N5O3S. The summed E-state index contributed by atoms with van der Waals surface area (Å²) < 4.78 is 23.2. The minimum atomic E-state index is -3.52. The lowest BCUT2D eigenvalue weighted by atomic mass is 10.0. The second kappa shape index (κ2) is 5.10.